The van der Waals surface area contributed by atoms with E-state index >= 15 is 0 Å². The van der Waals surface area contributed by atoms with E-state index in [0.29, 0.717) is 6.42 Å². The predicted octanol–water partition coefficient (Wildman–Crippen LogP) is 5.64. The highest BCUT2D eigenvalue weighted by Gasteiger charge is 2.18. The minimum atomic E-state index is -0.0393. The standard InChI is InChI=1S/C25H27NO3/c1-18(2)29-23-13-9-20(10-14-23)24(19-7-5-4-6-8-19)17-25(27)26-21-11-15-22(28-3)16-12-21/h4-16,18,24H,17H2,1-3H3,(H,26,27)/t24-/m0/s1. The van der Waals surface area contributed by atoms with Crippen LogP contribution in [-0.4, -0.2) is 19.1 Å². The molecule has 4 nitrogen and oxygen atoms in total. The van der Waals surface area contributed by atoms with Crippen LogP contribution in [0.2, 0.25) is 0 Å². The lowest BCUT2D eigenvalue weighted by atomic mass is 9.88. The number of hydrogen-bond donors (Lipinski definition) is 1. The lowest BCUT2D eigenvalue weighted by molar-refractivity contribution is -0.116. The average molecular weight is 389 g/mol. The number of benzene rings is 3. The van der Waals surface area contributed by atoms with Crippen LogP contribution in [0.4, 0.5) is 5.69 Å². The fourth-order valence-corrected chi connectivity index (χ4v) is 3.24. The number of amides is 1. The van der Waals surface area contributed by atoms with Crippen LogP contribution in [0.25, 0.3) is 0 Å². The summed E-state index contributed by atoms with van der Waals surface area (Å²) in [7, 11) is 1.62. The maximum Gasteiger partial charge on any atom is 0.225 e. The van der Waals surface area contributed by atoms with E-state index in [9.17, 15) is 4.79 Å². The third kappa shape index (κ3) is 5.85. The molecular formula is C25H27NO3. The van der Waals surface area contributed by atoms with Crippen molar-refractivity contribution in [3.05, 3.63) is 90.0 Å². The molecule has 0 bridgehead atoms. The van der Waals surface area contributed by atoms with Crippen LogP contribution in [0.15, 0.2) is 78.9 Å². The van der Waals surface area contributed by atoms with Gasteiger partial charge in [-0.05, 0) is 61.4 Å². The summed E-state index contributed by atoms with van der Waals surface area (Å²) in [4.78, 5) is 12.8. The zero-order chi connectivity index (χ0) is 20.6. The van der Waals surface area contributed by atoms with Crippen molar-refractivity contribution >= 4 is 11.6 Å². The molecule has 29 heavy (non-hydrogen) atoms. The van der Waals surface area contributed by atoms with Gasteiger partial charge in [-0.3, -0.25) is 4.79 Å². The number of hydrogen-bond acceptors (Lipinski definition) is 3. The van der Waals surface area contributed by atoms with Crippen molar-refractivity contribution in [2.75, 3.05) is 12.4 Å². The maximum atomic E-state index is 12.8. The summed E-state index contributed by atoms with van der Waals surface area (Å²) in [5, 5.41) is 2.98. The summed E-state index contributed by atoms with van der Waals surface area (Å²) >= 11 is 0. The monoisotopic (exact) mass is 389 g/mol. The summed E-state index contributed by atoms with van der Waals surface area (Å²) in [6.45, 7) is 4.01. The van der Waals surface area contributed by atoms with E-state index in [1.807, 2.05) is 80.6 Å². The van der Waals surface area contributed by atoms with Crippen LogP contribution >= 0.6 is 0 Å². The minimum Gasteiger partial charge on any atom is -0.497 e. The van der Waals surface area contributed by atoms with Crippen LogP contribution in [-0.2, 0) is 4.79 Å². The number of carbonyl (C=O) groups excluding carboxylic acids is 1. The lowest BCUT2D eigenvalue weighted by Gasteiger charge is -2.19. The Balaban J connectivity index is 1.77. The van der Waals surface area contributed by atoms with Gasteiger partial charge in [0.15, 0.2) is 0 Å². The first-order chi connectivity index (χ1) is 14.0. The van der Waals surface area contributed by atoms with Gasteiger partial charge in [-0.25, -0.2) is 0 Å². The van der Waals surface area contributed by atoms with Crippen molar-refractivity contribution < 1.29 is 14.3 Å². The molecular weight excluding hydrogens is 362 g/mol. The molecule has 0 saturated carbocycles. The molecule has 0 aliphatic heterocycles. The smallest absolute Gasteiger partial charge is 0.225 e. The van der Waals surface area contributed by atoms with Gasteiger partial charge in [0.05, 0.1) is 13.2 Å². The number of nitrogens with one attached hydrogen (secondary N) is 1. The molecule has 0 heterocycles. The SMILES string of the molecule is COc1ccc(NC(=O)C[C@@H](c2ccccc2)c2ccc(OC(C)C)cc2)cc1. The molecule has 0 spiro atoms. The van der Waals surface area contributed by atoms with Crippen molar-refractivity contribution in [1.82, 2.24) is 0 Å². The fraction of sp³-hybridized carbons (Fsp3) is 0.240. The molecule has 0 aliphatic rings. The molecule has 4 heteroatoms. The average Bonchev–Trinajstić information content (AvgIpc) is 2.73. The Hall–Kier alpha value is -3.27. The zero-order valence-corrected chi connectivity index (χ0v) is 17.1. The van der Waals surface area contributed by atoms with E-state index in [1.165, 1.54) is 0 Å². The van der Waals surface area contributed by atoms with Crippen molar-refractivity contribution in [2.45, 2.75) is 32.3 Å². The highest BCUT2D eigenvalue weighted by molar-refractivity contribution is 5.91. The maximum absolute atomic E-state index is 12.8. The molecule has 3 aromatic carbocycles. The second-order valence-corrected chi connectivity index (χ2v) is 7.18. The third-order valence-corrected chi connectivity index (χ3v) is 4.62. The number of methoxy groups -OCH3 is 1. The Morgan fingerprint density at radius 1 is 0.828 bits per heavy atom. The van der Waals surface area contributed by atoms with Gasteiger partial charge in [0.2, 0.25) is 5.91 Å². The van der Waals surface area contributed by atoms with Crippen molar-refractivity contribution in [3.8, 4) is 11.5 Å². The van der Waals surface area contributed by atoms with Crippen molar-refractivity contribution in [3.63, 3.8) is 0 Å². The Labute approximate surface area is 172 Å². The molecule has 1 N–H and O–H groups in total. The second-order valence-electron chi connectivity index (χ2n) is 7.18. The molecule has 0 unspecified atom stereocenters. The van der Waals surface area contributed by atoms with Gasteiger partial charge in [-0.2, -0.15) is 0 Å². The van der Waals surface area contributed by atoms with Gasteiger partial charge in [-0.1, -0.05) is 42.5 Å². The van der Waals surface area contributed by atoms with E-state index in [-0.39, 0.29) is 17.9 Å². The van der Waals surface area contributed by atoms with Gasteiger partial charge in [-0.15, -0.1) is 0 Å². The Bertz CT molecular complexity index is 903. The van der Waals surface area contributed by atoms with E-state index in [0.717, 1.165) is 28.3 Å². The van der Waals surface area contributed by atoms with Gasteiger partial charge < -0.3 is 14.8 Å². The predicted molar refractivity (Wildman–Crippen MR) is 117 cm³/mol. The van der Waals surface area contributed by atoms with Crippen LogP contribution < -0.4 is 14.8 Å². The van der Waals surface area contributed by atoms with Gasteiger partial charge in [0.1, 0.15) is 11.5 Å². The Kier molecular flexibility index (Phi) is 6.90. The second kappa shape index (κ2) is 9.78. The van der Waals surface area contributed by atoms with Crippen molar-refractivity contribution in [1.29, 1.82) is 0 Å². The minimum absolute atomic E-state index is 0.0356. The molecule has 3 aromatic rings. The Morgan fingerprint density at radius 2 is 1.41 bits per heavy atom. The highest BCUT2D eigenvalue weighted by Crippen LogP contribution is 2.30. The molecule has 0 fully saturated rings. The summed E-state index contributed by atoms with van der Waals surface area (Å²) in [6.07, 6.45) is 0.474. The van der Waals surface area contributed by atoms with E-state index in [1.54, 1.807) is 7.11 Å². The van der Waals surface area contributed by atoms with E-state index in [4.69, 9.17) is 9.47 Å². The third-order valence-electron chi connectivity index (χ3n) is 4.62. The molecule has 0 radical (unpaired) electrons. The summed E-state index contributed by atoms with van der Waals surface area (Å²) < 4.78 is 10.9. The van der Waals surface area contributed by atoms with Crippen LogP contribution in [0, 0.1) is 0 Å². The molecule has 0 aliphatic carbocycles. The number of ether oxygens (including phenoxy) is 2. The lowest BCUT2D eigenvalue weighted by Crippen LogP contribution is -2.16. The normalized spacial score (nSPS) is 11.7. The van der Waals surface area contributed by atoms with Gasteiger partial charge in [0.25, 0.3) is 0 Å². The molecule has 1 atom stereocenters. The number of rotatable bonds is 8. The van der Waals surface area contributed by atoms with Crippen LogP contribution in [0.3, 0.4) is 0 Å². The van der Waals surface area contributed by atoms with Crippen LogP contribution in [0.5, 0.6) is 11.5 Å². The first-order valence-electron chi connectivity index (χ1n) is 9.80. The fourth-order valence-electron chi connectivity index (χ4n) is 3.24. The van der Waals surface area contributed by atoms with Crippen LogP contribution in [0.1, 0.15) is 37.3 Å². The summed E-state index contributed by atoms with van der Waals surface area (Å²) in [6, 6.07) is 25.4. The molecule has 150 valence electrons. The van der Waals surface area contributed by atoms with Crippen molar-refractivity contribution in [2.24, 2.45) is 0 Å². The van der Waals surface area contributed by atoms with E-state index < -0.39 is 0 Å². The number of carbonyl (C=O) groups is 1. The zero-order valence-electron chi connectivity index (χ0n) is 17.1. The largest absolute Gasteiger partial charge is 0.497 e. The Morgan fingerprint density at radius 3 is 2.00 bits per heavy atom. The molecule has 0 saturated heterocycles. The quantitative estimate of drug-likeness (QED) is 0.542. The molecule has 3 rings (SSSR count). The van der Waals surface area contributed by atoms with E-state index in [2.05, 4.69) is 17.4 Å². The summed E-state index contributed by atoms with van der Waals surface area (Å²) in [5.41, 5.74) is 2.94. The first kappa shape index (κ1) is 20.5. The first-order valence-corrected chi connectivity index (χ1v) is 9.80. The topological polar surface area (TPSA) is 47.6 Å². The molecule has 0 aromatic heterocycles. The number of anilines is 1. The molecule has 1 amide bonds. The summed E-state index contributed by atoms with van der Waals surface area (Å²) in [5.74, 6) is 1.51. The van der Waals surface area contributed by atoms with Gasteiger partial charge >= 0.3 is 0 Å². The highest BCUT2D eigenvalue weighted by atomic mass is 16.5. The van der Waals surface area contributed by atoms with Gasteiger partial charge in [0, 0.05) is 18.0 Å².